The molecule has 0 saturated carbocycles. The van der Waals surface area contributed by atoms with E-state index in [-0.39, 0.29) is 0 Å². The fourth-order valence-corrected chi connectivity index (χ4v) is 3.44. The fourth-order valence-electron chi connectivity index (χ4n) is 2.39. The van der Waals surface area contributed by atoms with Gasteiger partial charge in [-0.05, 0) is 50.8 Å². The molecule has 0 spiro atoms. The monoisotopic (exact) mass is 288 g/mol. The second-order valence-electron chi connectivity index (χ2n) is 5.00. The molecule has 1 heterocycles. The molecule has 1 amide bonds. The molecule has 2 unspecified atom stereocenters. The normalized spacial score (nSPS) is 21.8. The second-order valence-corrected chi connectivity index (χ2v) is 6.22. The van der Waals surface area contributed by atoms with Gasteiger partial charge in [0.25, 0.3) is 0 Å². The molecule has 5 nitrogen and oxygen atoms in total. The Morgan fingerprint density at radius 3 is 2.95 bits per heavy atom. The van der Waals surface area contributed by atoms with E-state index in [1.807, 2.05) is 0 Å². The molecule has 0 aliphatic carbocycles. The molecule has 19 heavy (non-hydrogen) atoms. The zero-order valence-electron chi connectivity index (χ0n) is 11.5. The van der Waals surface area contributed by atoms with Gasteiger partial charge in [-0.1, -0.05) is 6.42 Å². The topological polar surface area (TPSA) is 69.6 Å². The summed E-state index contributed by atoms with van der Waals surface area (Å²) in [5, 5.41) is 11.2. The van der Waals surface area contributed by atoms with Crippen molar-refractivity contribution in [3.05, 3.63) is 0 Å². The Bertz CT molecular complexity index is 289. The number of thioether (sulfide) groups is 1. The molecule has 2 atom stereocenters. The molecule has 6 heteroatoms. The number of likely N-dealkylation sites (tertiary alicyclic amines) is 1. The Balaban J connectivity index is 2.09. The summed E-state index contributed by atoms with van der Waals surface area (Å²) in [6.07, 6.45) is 6.02. The van der Waals surface area contributed by atoms with Crippen LogP contribution in [0.3, 0.4) is 0 Å². The van der Waals surface area contributed by atoms with Gasteiger partial charge in [0.2, 0.25) is 6.41 Å². The van der Waals surface area contributed by atoms with E-state index in [9.17, 15) is 9.59 Å². The molecule has 0 aromatic carbocycles. The zero-order valence-corrected chi connectivity index (χ0v) is 12.3. The number of hydrogen-bond donors (Lipinski definition) is 2. The van der Waals surface area contributed by atoms with E-state index in [1.165, 1.54) is 32.2 Å². The summed E-state index contributed by atoms with van der Waals surface area (Å²) in [4.78, 5) is 23.5. The highest BCUT2D eigenvalue weighted by atomic mass is 32.2. The van der Waals surface area contributed by atoms with E-state index in [0.29, 0.717) is 18.9 Å². The van der Waals surface area contributed by atoms with Crippen LogP contribution >= 0.6 is 11.8 Å². The lowest BCUT2D eigenvalue weighted by Crippen LogP contribution is -2.37. The highest BCUT2D eigenvalue weighted by molar-refractivity contribution is 7.99. The van der Waals surface area contributed by atoms with Gasteiger partial charge in [0.05, 0.1) is 0 Å². The standard InChI is InChI=1S/C13H24N2O3S/c1-15-7-3-2-4-11(15)5-8-19-9-6-12(13(17)18)14-10-16/h10-12H,2-9H2,1H3,(H,14,16)(H,17,18). The third-order valence-electron chi connectivity index (χ3n) is 3.64. The number of amides is 1. The maximum Gasteiger partial charge on any atom is 0.326 e. The molecular weight excluding hydrogens is 264 g/mol. The van der Waals surface area contributed by atoms with Crippen molar-refractivity contribution < 1.29 is 14.7 Å². The van der Waals surface area contributed by atoms with Gasteiger partial charge < -0.3 is 15.3 Å². The van der Waals surface area contributed by atoms with Crippen molar-refractivity contribution in [3.8, 4) is 0 Å². The van der Waals surface area contributed by atoms with Gasteiger partial charge in [-0.25, -0.2) is 4.79 Å². The Labute approximate surface area is 119 Å². The molecule has 1 aliphatic heterocycles. The summed E-state index contributed by atoms with van der Waals surface area (Å²) in [6, 6.07) is -0.0630. The third kappa shape index (κ3) is 6.29. The van der Waals surface area contributed by atoms with E-state index >= 15 is 0 Å². The molecule has 1 aliphatic rings. The molecule has 1 rings (SSSR count). The van der Waals surface area contributed by atoms with Crippen LogP contribution in [0.25, 0.3) is 0 Å². The minimum absolute atomic E-state index is 0.459. The average molecular weight is 288 g/mol. The minimum atomic E-state index is -0.959. The van der Waals surface area contributed by atoms with E-state index in [2.05, 4.69) is 17.3 Å². The number of hydrogen-bond acceptors (Lipinski definition) is 4. The predicted molar refractivity (Wildman–Crippen MR) is 77.5 cm³/mol. The third-order valence-corrected chi connectivity index (χ3v) is 4.68. The van der Waals surface area contributed by atoms with Crippen molar-refractivity contribution in [1.82, 2.24) is 10.2 Å². The number of aliphatic carboxylic acids is 1. The van der Waals surface area contributed by atoms with Crippen LogP contribution < -0.4 is 5.32 Å². The molecule has 0 aromatic heterocycles. The first-order valence-corrected chi connectivity index (χ1v) is 8.01. The van der Waals surface area contributed by atoms with Gasteiger partial charge >= 0.3 is 5.97 Å². The van der Waals surface area contributed by atoms with Gasteiger partial charge in [-0.15, -0.1) is 0 Å². The summed E-state index contributed by atoms with van der Waals surface area (Å²) in [5.41, 5.74) is 0. The van der Waals surface area contributed by atoms with Crippen molar-refractivity contribution in [2.24, 2.45) is 0 Å². The SMILES string of the molecule is CN1CCCCC1CCSCCC(NC=O)C(=O)O. The van der Waals surface area contributed by atoms with Crippen molar-refractivity contribution in [1.29, 1.82) is 0 Å². The van der Waals surface area contributed by atoms with Crippen LogP contribution in [-0.4, -0.2) is 59.6 Å². The summed E-state index contributed by atoms with van der Waals surface area (Å²) in [5.74, 6) is 0.871. The lowest BCUT2D eigenvalue weighted by molar-refractivity contribution is -0.140. The number of carbonyl (C=O) groups is 2. The van der Waals surface area contributed by atoms with Gasteiger partial charge in [-0.3, -0.25) is 4.79 Å². The zero-order chi connectivity index (χ0) is 14.1. The molecule has 0 bridgehead atoms. The number of nitrogens with zero attached hydrogens (tertiary/aromatic N) is 1. The van der Waals surface area contributed by atoms with Crippen molar-refractivity contribution in [2.75, 3.05) is 25.1 Å². The maximum absolute atomic E-state index is 10.8. The number of piperidine rings is 1. The quantitative estimate of drug-likeness (QED) is 0.492. The van der Waals surface area contributed by atoms with Crippen LogP contribution in [0.1, 0.15) is 32.1 Å². The Hall–Kier alpha value is -0.750. The molecule has 110 valence electrons. The van der Waals surface area contributed by atoms with Crippen LogP contribution in [0.15, 0.2) is 0 Å². The maximum atomic E-state index is 10.8. The lowest BCUT2D eigenvalue weighted by atomic mass is 10.0. The molecule has 0 radical (unpaired) electrons. The smallest absolute Gasteiger partial charge is 0.326 e. The van der Waals surface area contributed by atoms with Crippen LogP contribution in [0, 0.1) is 0 Å². The number of carbonyl (C=O) groups excluding carboxylic acids is 1. The van der Waals surface area contributed by atoms with Gasteiger partial charge in [0.1, 0.15) is 6.04 Å². The summed E-state index contributed by atoms with van der Waals surface area (Å²) < 4.78 is 0. The lowest BCUT2D eigenvalue weighted by Gasteiger charge is -2.32. The highest BCUT2D eigenvalue weighted by Crippen LogP contribution is 2.20. The van der Waals surface area contributed by atoms with Crippen LogP contribution in [0.4, 0.5) is 0 Å². The van der Waals surface area contributed by atoms with Crippen molar-refractivity contribution in [3.63, 3.8) is 0 Å². The minimum Gasteiger partial charge on any atom is -0.480 e. The highest BCUT2D eigenvalue weighted by Gasteiger charge is 2.19. The summed E-state index contributed by atoms with van der Waals surface area (Å²) in [6.45, 7) is 1.19. The fraction of sp³-hybridized carbons (Fsp3) is 0.846. The predicted octanol–water partition coefficient (Wildman–Crippen LogP) is 1.18. The van der Waals surface area contributed by atoms with Crippen LogP contribution in [0.5, 0.6) is 0 Å². The Kier molecular flexibility index (Phi) is 7.90. The molecular formula is C13H24N2O3S. The van der Waals surface area contributed by atoms with Gasteiger partial charge in [0, 0.05) is 6.04 Å². The van der Waals surface area contributed by atoms with Gasteiger partial charge in [-0.2, -0.15) is 11.8 Å². The van der Waals surface area contributed by atoms with E-state index in [0.717, 1.165) is 11.5 Å². The Morgan fingerprint density at radius 2 is 2.32 bits per heavy atom. The van der Waals surface area contributed by atoms with E-state index in [4.69, 9.17) is 5.11 Å². The first kappa shape index (κ1) is 16.3. The largest absolute Gasteiger partial charge is 0.480 e. The Morgan fingerprint density at radius 1 is 1.53 bits per heavy atom. The van der Waals surface area contributed by atoms with Crippen molar-refractivity contribution >= 4 is 24.1 Å². The first-order valence-electron chi connectivity index (χ1n) is 6.85. The number of nitrogens with one attached hydrogen (secondary N) is 1. The molecule has 1 fully saturated rings. The number of carboxylic acids is 1. The van der Waals surface area contributed by atoms with Crippen LogP contribution in [-0.2, 0) is 9.59 Å². The average Bonchev–Trinajstić information content (AvgIpc) is 2.39. The molecule has 0 aromatic rings. The van der Waals surface area contributed by atoms with Crippen LogP contribution in [0.2, 0.25) is 0 Å². The molecule has 1 saturated heterocycles. The number of rotatable bonds is 9. The van der Waals surface area contributed by atoms with E-state index in [1.54, 1.807) is 11.8 Å². The second kappa shape index (κ2) is 9.20. The van der Waals surface area contributed by atoms with Crippen molar-refractivity contribution in [2.45, 2.75) is 44.2 Å². The number of carboxylic acid groups (broad SMARTS) is 1. The molecule has 2 N–H and O–H groups in total. The summed E-state index contributed by atoms with van der Waals surface area (Å²) >= 11 is 1.77. The summed E-state index contributed by atoms with van der Waals surface area (Å²) in [7, 11) is 2.18. The van der Waals surface area contributed by atoms with E-state index < -0.39 is 12.0 Å². The first-order chi connectivity index (χ1) is 9.15. The van der Waals surface area contributed by atoms with Gasteiger partial charge in [0.15, 0.2) is 0 Å².